The molecule has 2 unspecified atom stereocenters. The Hall–Kier alpha value is -2.02. The van der Waals surface area contributed by atoms with Crippen molar-refractivity contribution in [3.05, 3.63) is 35.4 Å². The number of halogens is 2. The van der Waals surface area contributed by atoms with Crippen LogP contribution in [0.1, 0.15) is 30.6 Å². The second-order valence-corrected chi connectivity index (χ2v) is 5.69. The molecule has 5 nitrogen and oxygen atoms in total. The molecule has 2 rings (SSSR count). The first kappa shape index (κ1) is 17.3. The second kappa shape index (κ2) is 7.50. The van der Waals surface area contributed by atoms with Crippen molar-refractivity contribution in [3.8, 4) is 0 Å². The van der Waals surface area contributed by atoms with Gasteiger partial charge in [-0.2, -0.15) is 0 Å². The molecule has 0 saturated carbocycles. The fourth-order valence-corrected chi connectivity index (χ4v) is 2.56. The highest BCUT2D eigenvalue weighted by Gasteiger charge is 2.25. The third-order valence-electron chi connectivity index (χ3n) is 3.58. The topological polar surface area (TPSA) is 58.6 Å². The average Bonchev–Trinajstić information content (AvgIpc) is 2.48. The van der Waals surface area contributed by atoms with E-state index in [1.54, 1.807) is 4.90 Å². The number of carbonyl (C=O) groups is 2. The number of rotatable bonds is 4. The summed E-state index contributed by atoms with van der Waals surface area (Å²) in [5.74, 6) is -2.70. The molecule has 126 valence electrons. The van der Waals surface area contributed by atoms with Crippen LogP contribution in [0.15, 0.2) is 18.2 Å². The number of hydrogen-bond acceptors (Lipinski definition) is 3. The lowest BCUT2D eigenvalue weighted by molar-refractivity contribution is -0.143. The molecule has 23 heavy (non-hydrogen) atoms. The third kappa shape index (κ3) is 4.72. The van der Waals surface area contributed by atoms with E-state index in [0.29, 0.717) is 13.1 Å². The van der Waals surface area contributed by atoms with Crippen molar-refractivity contribution in [2.75, 3.05) is 19.6 Å². The van der Waals surface area contributed by atoms with Gasteiger partial charge in [-0.25, -0.2) is 8.78 Å². The smallest absolute Gasteiger partial charge is 0.251 e. The first-order valence-electron chi connectivity index (χ1n) is 7.53. The quantitative estimate of drug-likeness (QED) is 0.916. The molecule has 1 N–H and O–H groups in total. The minimum Gasteiger partial charge on any atom is -0.372 e. The maximum atomic E-state index is 13.1. The second-order valence-electron chi connectivity index (χ2n) is 5.69. The highest BCUT2D eigenvalue weighted by molar-refractivity contribution is 5.94. The number of nitrogens with one attached hydrogen (secondary N) is 1. The molecule has 1 aliphatic rings. The van der Waals surface area contributed by atoms with Crippen LogP contribution in [0.2, 0.25) is 0 Å². The van der Waals surface area contributed by atoms with E-state index in [-0.39, 0.29) is 36.6 Å². The molecule has 1 fully saturated rings. The van der Waals surface area contributed by atoms with Gasteiger partial charge in [-0.05, 0) is 32.0 Å². The zero-order valence-electron chi connectivity index (χ0n) is 13.1. The van der Waals surface area contributed by atoms with Gasteiger partial charge < -0.3 is 15.0 Å². The van der Waals surface area contributed by atoms with E-state index in [1.807, 2.05) is 13.8 Å². The molecule has 0 bridgehead atoms. The van der Waals surface area contributed by atoms with E-state index in [1.165, 1.54) is 6.07 Å². The molecule has 1 aromatic rings. The highest BCUT2D eigenvalue weighted by atomic mass is 19.2. The number of benzene rings is 1. The predicted octanol–water partition coefficient (Wildman–Crippen LogP) is 1.72. The molecule has 0 radical (unpaired) electrons. The Balaban J connectivity index is 1.80. The zero-order chi connectivity index (χ0) is 17.0. The summed E-state index contributed by atoms with van der Waals surface area (Å²) in [6.07, 6.45) is 0.119. The van der Waals surface area contributed by atoms with Gasteiger partial charge in [0.1, 0.15) is 0 Å². The van der Waals surface area contributed by atoms with Crippen molar-refractivity contribution in [1.82, 2.24) is 10.2 Å². The van der Waals surface area contributed by atoms with Gasteiger partial charge in [0.05, 0.1) is 12.2 Å². The first-order valence-corrected chi connectivity index (χ1v) is 7.53. The molecular formula is C16H20F2N2O3. The van der Waals surface area contributed by atoms with Crippen LogP contribution in [-0.2, 0) is 9.53 Å². The standard InChI is InChI=1S/C16H20F2N2O3/c1-10-8-20(9-11(2)23-10)15(21)5-6-19-16(22)12-3-4-13(17)14(18)7-12/h3-4,7,10-11H,5-6,8-9H2,1-2H3,(H,19,22). The highest BCUT2D eigenvalue weighted by Crippen LogP contribution is 2.12. The van der Waals surface area contributed by atoms with Gasteiger partial charge in [0, 0.05) is 31.6 Å². The number of amides is 2. The normalized spacial score (nSPS) is 21.1. The van der Waals surface area contributed by atoms with E-state index >= 15 is 0 Å². The van der Waals surface area contributed by atoms with Gasteiger partial charge in [0.25, 0.3) is 5.91 Å². The Morgan fingerprint density at radius 1 is 1.22 bits per heavy atom. The summed E-state index contributed by atoms with van der Waals surface area (Å²) < 4.78 is 31.5. The number of hydrogen-bond donors (Lipinski definition) is 1. The average molecular weight is 326 g/mol. The van der Waals surface area contributed by atoms with Crippen molar-refractivity contribution in [1.29, 1.82) is 0 Å². The number of carbonyl (C=O) groups excluding carboxylic acids is 2. The van der Waals surface area contributed by atoms with E-state index in [4.69, 9.17) is 4.74 Å². The summed E-state index contributed by atoms with van der Waals surface area (Å²) in [5.41, 5.74) is 0.0185. The maximum absolute atomic E-state index is 13.1. The molecule has 0 spiro atoms. The lowest BCUT2D eigenvalue weighted by atomic mass is 10.2. The Bertz CT molecular complexity index is 585. The van der Waals surface area contributed by atoms with Crippen molar-refractivity contribution in [2.24, 2.45) is 0 Å². The summed E-state index contributed by atoms with van der Waals surface area (Å²) in [7, 11) is 0. The largest absolute Gasteiger partial charge is 0.372 e. The zero-order valence-corrected chi connectivity index (χ0v) is 13.1. The lowest BCUT2D eigenvalue weighted by Gasteiger charge is -2.35. The summed E-state index contributed by atoms with van der Waals surface area (Å²) in [5, 5.41) is 2.53. The SMILES string of the molecule is CC1CN(C(=O)CCNC(=O)c2ccc(F)c(F)c2)CC(C)O1. The molecule has 1 aliphatic heterocycles. The minimum absolute atomic E-state index is 0.0144. The fourth-order valence-electron chi connectivity index (χ4n) is 2.56. The monoisotopic (exact) mass is 326 g/mol. The molecule has 2 atom stereocenters. The predicted molar refractivity (Wildman–Crippen MR) is 79.9 cm³/mol. The maximum Gasteiger partial charge on any atom is 0.251 e. The Morgan fingerprint density at radius 2 is 1.87 bits per heavy atom. The van der Waals surface area contributed by atoms with E-state index in [2.05, 4.69) is 5.32 Å². The van der Waals surface area contributed by atoms with Crippen LogP contribution in [0.4, 0.5) is 8.78 Å². The first-order chi connectivity index (χ1) is 10.9. The summed E-state index contributed by atoms with van der Waals surface area (Å²) in [6, 6.07) is 2.92. The summed E-state index contributed by atoms with van der Waals surface area (Å²) >= 11 is 0. The molecule has 7 heteroatoms. The number of nitrogens with zero attached hydrogens (tertiary/aromatic N) is 1. The Kier molecular flexibility index (Phi) is 5.65. The van der Waals surface area contributed by atoms with Crippen molar-refractivity contribution >= 4 is 11.8 Å². The van der Waals surface area contributed by atoms with Crippen LogP contribution < -0.4 is 5.32 Å². The van der Waals surface area contributed by atoms with Crippen molar-refractivity contribution in [3.63, 3.8) is 0 Å². The van der Waals surface area contributed by atoms with Crippen LogP contribution >= 0.6 is 0 Å². The Morgan fingerprint density at radius 3 is 2.48 bits per heavy atom. The van der Waals surface area contributed by atoms with Gasteiger partial charge in [-0.1, -0.05) is 0 Å². The third-order valence-corrected chi connectivity index (χ3v) is 3.58. The summed E-state index contributed by atoms with van der Waals surface area (Å²) in [4.78, 5) is 25.7. The molecule has 0 aromatic heterocycles. The van der Waals surface area contributed by atoms with Gasteiger partial charge in [-0.15, -0.1) is 0 Å². The van der Waals surface area contributed by atoms with Gasteiger partial charge >= 0.3 is 0 Å². The van der Waals surface area contributed by atoms with Crippen LogP contribution in [0, 0.1) is 11.6 Å². The molecule has 1 saturated heterocycles. The molecule has 1 heterocycles. The number of morpholine rings is 1. The van der Waals surface area contributed by atoms with E-state index in [9.17, 15) is 18.4 Å². The van der Waals surface area contributed by atoms with Crippen molar-refractivity contribution in [2.45, 2.75) is 32.5 Å². The van der Waals surface area contributed by atoms with Gasteiger partial charge in [-0.3, -0.25) is 9.59 Å². The summed E-state index contributed by atoms with van der Waals surface area (Å²) in [6.45, 7) is 5.00. The van der Waals surface area contributed by atoms with Gasteiger partial charge in [0.15, 0.2) is 11.6 Å². The Labute approximate surface area is 133 Å². The molecule has 2 amide bonds. The molecular weight excluding hydrogens is 306 g/mol. The molecule has 0 aliphatic carbocycles. The fraction of sp³-hybridized carbons (Fsp3) is 0.500. The van der Waals surface area contributed by atoms with Crippen LogP contribution in [-0.4, -0.2) is 48.6 Å². The van der Waals surface area contributed by atoms with Crippen molar-refractivity contribution < 1.29 is 23.1 Å². The van der Waals surface area contributed by atoms with E-state index in [0.717, 1.165) is 12.1 Å². The van der Waals surface area contributed by atoms with Crippen LogP contribution in [0.5, 0.6) is 0 Å². The minimum atomic E-state index is -1.08. The lowest BCUT2D eigenvalue weighted by Crippen LogP contribution is -2.48. The van der Waals surface area contributed by atoms with Crippen LogP contribution in [0.3, 0.4) is 0 Å². The molecule has 1 aromatic carbocycles. The van der Waals surface area contributed by atoms with Crippen LogP contribution in [0.25, 0.3) is 0 Å². The van der Waals surface area contributed by atoms with Gasteiger partial charge in [0.2, 0.25) is 5.91 Å². The number of ether oxygens (including phenoxy) is 1. The van der Waals surface area contributed by atoms with E-state index < -0.39 is 17.5 Å².